The third-order valence-electron chi connectivity index (χ3n) is 4.89. The summed E-state index contributed by atoms with van der Waals surface area (Å²) in [6.07, 6.45) is -3.76. The van der Waals surface area contributed by atoms with Gasteiger partial charge in [0.05, 0.1) is 5.56 Å². The van der Waals surface area contributed by atoms with E-state index < -0.39 is 17.4 Å². The van der Waals surface area contributed by atoms with Crippen LogP contribution < -0.4 is 0 Å². The topological polar surface area (TPSA) is 23.6 Å². The number of carbonyl (C=O) groups excluding carboxylic acids is 1. The number of alkyl halides is 4. The van der Waals surface area contributed by atoms with Gasteiger partial charge in [-0.2, -0.15) is 13.2 Å². The van der Waals surface area contributed by atoms with E-state index >= 15 is 0 Å². The van der Waals surface area contributed by atoms with Crippen LogP contribution >= 0.6 is 0 Å². The van der Waals surface area contributed by atoms with Gasteiger partial charge in [-0.1, -0.05) is 0 Å². The lowest BCUT2D eigenvalue weighted by Crippen LogP contribution is -2.39. The molecule has 0 saturated carbocycles. The first-order valence-corrected chi connectivity index (χ1v) is 7.96. The van der Waals surface area contributed by atoms with Crippen LogP contribution in [0.25, 0.3) is 0 Å². The van der Waals surface area contributed by atoms with Crippen molar-refractivity contribution in [2.75, 3.05) is 20.1 Å². The Bertz CT molecular complexity index is 659. The highest BCUT2D eigenvalue weighted by Crippen LogP contribution is 2.38. The Morgan fingerprint density at radius 2 is 1.83 bits per heavy atom. The highest BCUT2D eigenvalue weighted by atomic mass is 19.4. The number of hydrogen-bond acceptors (Lipinski definition) is 2. The zero-order valence-electron chi connectivity index (χ0n) is 13.7. The van der Waals surface area contributed by atoms with Crippen molar-refractivity contribution in [2.45, 2.75) is 44.7 Å². The van der Waals surface area contributed by atoms with Crippen molar-refractivity contribution >= 4 is 5.91 Å². The second-order valence-electron chi connectivity index (χ2n) is 7.02. The van der Waals surface area contributed by atoms with Gasteiger partial charge in [0.15, 0.2) is 0 Å². The zero-order chi connectivity index (χ0) is 17.7. The van der Waals surface area contributed by atoms with Crippen LogP contribution in [0.5, 0.6) is 0 Å². The van der Waals surface area contributed by atoms with E-state index in [1.165, 1.54) is 11.9 Å². The number of benzene rings is 1. The number of likely N-dealkylation sites (tertiary alicyclic amines) is 1. The molecule has 1 fully saturated rings. The van der Waals surface area contributed by atoms with E-state index in [1.54, 1.807) is 13.0 Å². The third kappa shape index (κ3) is 3.27. The molecule has 2 aliphatic rings. The molecule has 0 atom stereocenters. The number of nitrogens with zero attached hydrogens (tertiary/aromatic N) is 2. The predicted molar refractivity (Wildman–Crippen MR) is 81.3 cm³/mol. The Balaban J connectivity index is 1.89. The number of halogens is 4. The van der Waals surface area contributed by atoms with Crippen LogP contribution in [0.2, 0.25) is 0 Å². The fourth-order valence-electron chi connectivity index (χ4n) is 3.39. The fourth-order valence-corrected chi connectivity index (χ4v) is 3.39. The van der Waals surface area contributed by atoms with Crippen LogP contribution in [0.1, 0.15) is 46.8 Å². The molecule has 7 heteroatoms. The highest BCUT2D eigenvalue weighted by molar-refractivity contribution is 5.98. The number of amides is 1. The minimum Gasteiger partial charge on any atom is -0.337 e. The summed E-state index contributed by atoms with van der Waals surface area (Å²) in [5.41, 5.74) is -1.31. The molecule has 132 valence electrons. The van der Waals surface area contributed by atoms with Crippen molar-refractivity contribution in [1.82, 2.24) is 9.80 Å². The van der Waals surface area contributed by atoms with Crippen molar-refractivity contribution in [3.63, 3.8) is 0 Å². The number of piperidine rings is 1. The number of rotatable bonds is 2. The van der Waals surface area contributed by atoms with E-state index in [9.17, 15) is 22.4 Å². The van der Waals surface area contributed by atoms with Crippen LogP contribution in [0.4, 0.5) is 17.6 Å². The SMILES string of the molecule is CN1Cc2c(cc(CN3CCC(C)(F)CC3)cc2C(F)(F)F)C1=O. The standard InChI is InChI=1S/C17H20F4N2O/c1-16(18)3-5-23(6-4-16)9-11-7-12-13(10-22(2)15(12)24)14(8-11)17(19,20)21/h7-8H,3-6,9-10H2,1-2H3. The molecule has 0 unspecified atom stereocenters. The van der Waals surface area contributed by atoms with Crippen LogP contribution in [-0.4, -0.2) is 41.5 Å². The second-order valence-corrected chi connectivity index (χ2v) is 7.02. The molecule has 1 saturated heterocycles. The average Bonchev–Trinajstić information content (AvgIpc) is 2.75. The van der Waals surface area contributed by atoms with Crippen LogP contribution in [0.15, 0.2) is 12.1 Å². The quantitative estimate of drug-likeness (QED) is 0.765. The third-order valence-corrected chi connectivity index (χ3v) is 4.89. The first kappa shape index (κ1) is 17.2. The molecule has 0 aromatic heterocycles. The largest absolute Gasteiger partial charge is 0.416 e. The van der Waals surface area contributed by atoms with E-state index in [0.717, 1.165) is 6.07 Å². The average molecular weight is 344 g/mol. The normalized spacial score (nSPS) is 21.2. The van der Waals surface area contributed by atoms with Crippen molar-refractivity contribution in [1.29, 1.82) is 0 Å². The first-order chi connectivity index (χ1) is 11.1. The minimum absolute atomic E-state index is 0.0206. The van der Waals surface area contributed by atoms with Gasteiger partial charge in [-0.05, 0) is 43.0 Å². The molecular formula is C17H20F4N2O. The summed E-state index contributed by atoms with van der Waals surface area (Å²) >= 11 is 0. The van der Waals surface area contributed by atoms with Crippen molar-refractivity contribution < 1.29 is 22.4 Å². The maximum Gasteiger partial charge on any atom is 0.416 e. The van der Waals surface area contributed by atoms with Crippen molar-refractivity contribution in [3.05, 3.63) is 34.4 Å². The van der Waals surface area contributed by atoms with Gasteiger partial charge >= 0.3 is 6.18 Å². The molecule has 3 rings (SSSR count). The summed E-state index contributed by atoms with van der Waals surface area (Å²) < 4.78 is 53.9. The molecule has 1 aromatic rings. The van der Waals surface area contributed by atoms with Gasteiger partial charge in [0.2, 0.25) is 0 Å². The molecular weight excluding hydrogens is 324 g/mol. The summed E-state index contributed by atoms with van der Waals surface area (Å²) in [6, 6.07) is 2.69. The lowest BCUT2D eigenvalue weighted by Gasteiger charge is -2.34. The van der Waals surface area contributed by atoms with Gasteiger partial charge < -0.3 is 4.90 Å². The maximum atomic E-state index is 13.9. The summed E-state index contributed by atoms with van der Waals surface area (Å²) in [4.78, 5) is 15.3. The molecule has 0 spiro atoms. The molecule has 0 aliphatic carbocycles. The van der Waals surface area contributed by atoms with Gasteiger partial charge in [0.25, 0.3) is 5.91 Å². The Kier molecular flexibility index (Phi) is 4.10. The van der Waals surface area contributed by atoms with E-state index in [0.29, 0.717) is 38.0 Å². The van der Waals surface area contributed by atoms with Gasteiger partial charge in [0, 0.05) is 38.8 Å². The molecule has 0 radical (unpaired) electrons. The monoisotopic (exact) mass is 344 g/mol. The van der Waals surface area contributed by atoms with E-state index in [4.69, 9.17) is 0 Å². The maximum absolute atomic E-state index is 13.9. The van der Waals surface area contributed by atoms with Gasteiger partial charge in [0.1, 0.15) is 5.67 Å². The summed E-state index contributed by atoms with van der Waals surface area (Å²) in [5, 5.41) is 0. The van der Waals surface area contributed by atoms with Crippen molar-refractivity contribution in [2.24, 2.45) is 0 Å². The van der Waals surface area contributed by atoms with Crippen molar-refractivity contribution in [3.8, 4) is 0 Å². The second kappa shape index (κ2) is 5.72. The van der Waals surface area contributed by atoms with Gasteiger partial charge in [-0.3, -0.25) is 9.69 Å². The first-order valence-electron chi connectivity index (χ1n) is 7.96. The van der Waals surface area contributed by atoms with E-state index in [1.807, 2.05) is 4.90 Å². The molecule has 3 nitrogen and oxygen atoms in total. The highest BCUT2D eigenvalue weighted by Gasteiger charge is 2.39. The molecule has 2 aliphatic heterocycles. The summed E-state index contributed by atoms with van der Waals surface area (Å²) in [6.45, 7) is 2.82. The Labute approximate surface area is 138 Å². The van der Waals surface area contributed by atoms with E-state index in [2.05, 4.69) is 0 Å². The number of hydrogen-bond donors (Lipinski definition) is 0. The summed E-state index contributed by atoms with van der Waals surface area (Å²) in [5.74, 6) is -0.382. The van der Waals surface area contributed by atoms with Crippen LogP contribution in [-0.2, 0) is 19.3 Å². The predicted octanol–water partition coefficient (Wildman–Crippen LogP) is 3.62. The smallest absolute Gasteiger partial charge is 0.337 e. The van der Waals surface area contributed by atoms with Crippen LogP contribution in [0, 0.1) is 0 Å². The Hall–Kier alpha value is -1.63. The van der Waals surface area contributed by atoms with Gasteiger partial charge in [-0.25, -0.2) is 4.39 Å². The molecule has 2 heterocycles. The van der Waals surface area contributed by atoms with E-state index in [-0.39, 0.29) is 23.6 Å². The molecule has 0 N–H and O–H groups in total. The van der Waals surface area contributed by atoms with Crippen LogP contribution in [0.3, 0.4) is 0 Å². The molecule has 1 aromatic carbocycles. The summed E-state index contributed by atoms with van der Waals surface area (Å²) in [7, 11) is 1.49. The lowest BCUT2D eigenvalue weighted by atomic mass is 9.94. The molecule has 24 heavy (non-hydrogen) atoms. The number of carbonyl (C=O) groups is 1. The molecule has 1 amide bonds. The molecule has 0 bridgehead atoms. The lowest BCUT2D eigenvalue weighted by molar-refractivity contribution is -0.138. The fraction of sp³-hybridized carbons (Fsp3) is 0.588. The Morgan fingerprint density at radius 1 is 1.21 bits per heavy atom. The zero-order valence-corrected chi connectivity index (χ0v) is 13.7. The minimum atomic E-state index is -4.50. The Morgan fingerprint density at radius 3 is 2.42 bits per heavy atom. The number of fused-ring (bicyclic) bond motifs is 1. The van der Waals surface area contributed by atoms with Gasteiger partial charge in [-0.15, -0.1) is 0 Å².